The number of allylic oxidation sites excluding steroid dienone is 2. The number of anilines is 2. The smallest absolute Gasteiger partial charge is 0.408 e. The van der Waals surface area contributed by atoms with Gasteiger partial charge in [-0.1, -0.05) is 19.2 Å². The van der Waals surface area contributed by atoms with Crippen LogP contribution in [0.25, 0.3) is 11.1 Å². The van der Waals surface area contributed by atoms with Gasteiger partial charge in [0.05, 0.1) is 17.8 Å². The van der Waals surface area contributed by atoms with E-state index in [9.17, 15) is 18.8 Å². The zero-order valence-electron chi connectivity index (χ0n) is 17.9. The molecule has 1 atom stereocenters. The van der Waals surface area contributed by atoms with Gasteiger partial charge in [0.15, 0.2) is 11.4 Å². The van der Waals surface area contributed by atoms with Gasteiger partial charge in [-0.05, 0) is 48.7 Å². The third kappa shape index (κ3) is 4.30. The number of aromatic nitrogens is 2. The molecule has 1 aliphatic heterocycles. The summed E-state index contributed by atoms with van der Waals surface area (Å²) < 4.78 is 34.7. The number of halogens is 2. The Morgan fingerprint density at radius 1 is 1.42 bits per heavy atom. The average molecular weight is 455 g/mol. The maximum absolute atomic E-state index is 15.0. The Kier molecular flexibility index (Phi) is 6.12. The molecule has 2 aromatic heterocycles. The first-order valence-electron chi connectivity index (χ1n) is 10.3. The Morgan fingerprint density at radius 3 is 2.88 bits per heavy atom. The summed E-state index contributed by atoms with van der Waals surface area (Å²) in [6.45, 7) is 11.2. The fourth-order valence-corrected chi connectivity index (χ4v) is 3.90. The summed E-state index contributed by atoms with van der Waals surface area (Å²) >= 11 is 0. The van der Waals surface area contributed by atoms with Crippen molar-refractivity contribution in [3.8, 4) is 0 Å². The molecule has 172 valence electrons. The maximum Gasteiger partial charge on any atom is 0.420 e. The van der Waals surface area contributed by atoms with Crippen molar-refractivity contribution in [1.29, 1.82) is 0 Å². The fraction of sp³-hybridized carbons (Fsp3) is 0.217. The van der Waals surface area contributed by atoms with E-state index in [1.165, 1.54) is 16.7 Å². The van der Waals surface area contributed by atoms with E-state index >= 15 is 0 Å². The van der Waals surface area contributed by atoms with Crippen LogP contribution < -0.4 is 21.7 Å². The average Bonchev–Trinajstić information content (AvgIpc) is 3.10. The SMILES string of the molecule is C=C/C(=C1/CNCCC1=C)C(C)n1c(=O)oc2cc(N(O)Nc3ccc(F)cn3)c(F)cc21. The molecule has 33 heavy (non-hydrogen) atoms. The zero-order chi connectivity index (χ0) is 23.7. The molecule has 0 aliphatic carbocycles. The van der Waals surface area contributed by atoms with E-state index in [0.29, 0.717) is 11.7 Å². The highest BCUT2D eigenvalue weighted by Crippen LogP contribution is 2.31. The molecule has 1 saturated heterocycles. The summed E-state index contributed by atoms with van der Waals surface area (Å²) in [5.74, 6) is -1.98. The Morgan fingerprint density at radius 2 is 2.21 bits per heavy atom. The van der Waals surface area contributed by atoms with Crippen LogP contribution in [0.4, 0.5) is 20.3 Å². The van der Waals surface area contributed by atoms with Crippen molar-refractivity contribution >= 4 is 22.6 Å². The van der Waals surface area contributed by atoms with Gasteiger partial charge in [-0.25, -0.2) is 18.6 Å². The molecule has 0 bridgehead atoms. The Bertz CT molecular complexity index is 1310. The number of hydrazine groups is 1. The minimum absolute atomic E-state index is 0.0742. The number of nitrogens with one attached hydrogen (secondary N) is 2. The van der Waals surface area contributed by atoms with Gasteiger partial charge in [0.2, 0.25) is 0 Å². The molecule has 0 spiro atoms. The van der Waals surface area contributed by atoms with Crippen molar-refractivity contribution in [2.45, 2.75) is 19.4 Å². The lowest BCUT2D eigenvalue weighted by molar-refractivity contribution is 0.273. The van der Waals surface area contributed by atoms with E-state index < -0.39 is 23.4 Å². The van der Waals surface area contributed by atoms with Gasteiger partial charge in [0.25, 0.3) is 0 Å². The summed E-state index contributed by atoms with van der Waals surface area (Å²) in [6, 6.07) is 4.19. The number of nitrogens with zero attached hydrogens (tertiary/aromatic N) is 3. The summed E-state index contributed by atoms with van der Waals surface area (Å²) in [4.78, 5) is 16.5. The quantitative estimate of drug-likeness (QED) is 0.482. The fourth-order valence-electron chi connectivity index (χ4n) is 3.90. The van der Waals surface area contributed by atoms with E-state index in [1.807, 2.05) is 0 Å². The third-order valence-corrected chi connectivity index (χ3v) is 5.60. The summed E-state index contributed by atoms with van der Waals surface area (Å²) in [7, 11) is 0. The van der Waals surface area contributed by atoms with Gasteiger partial charge >= 0.3 is 5.76 Å². The van der Waals surface area contributed by atoms with Gasteiger partial charge in [0, 0.05) is 18.7 Å². The van der Waals surface area contributed by atoms with Crippen LogP contribution in [0.15, 0.2) is 75.6 Å². The molecular weight excluding hydrogens is 432 g/mol. The highest BCUT2D eigenvalue weighted by atomic mass is 19.1. The number of benzene rings is 1. The van der Waals surface area contributed by atoms with Crippen molar-refractivity contribution in [1.82, 2.24) is 14.9 Å². The molecule has 3 heterocycles. The van der Waals surface area contributed by atoms with E-state index in [4.69, 9.17) is 4.42 Å². The van der Waals surface area contributed by atoms with Gasteiger partial charge in [0.1, 0.15) is 17.3 Å². The lowest BCUT2D eigenvalue weighted by Crippen LogP contribution is -2.28. The summed E-state index contributed by atoms with van der Waals surface area (Å²) in [5.41, 5.74) is 5.10. The van der Waals surface area contributed by atoms with E-state index in [-0.39, 0.29) is 22.6 Å². The Balaban J connectivity index is 1.72. The number of rotatable bonds is 6. The van der Waals surface area contributed by atoms with Crippen LogP contribution in [0, 0.1) is 11.6 Å². The first-order valence-corrected chi connectivity index (χ1v) is 10.3. The topological polar surface area (TPSA) is 95.6 Å². The third-order valence-electron chi connectivity index (χ3n) is 5.60. The molecule has 1 unspecified atom stereocenters. The summed E-state index contributed by atoms with van der Waals surface area (Å²) in [6.07, 6.45) is 3.39. The van der Waals surface area contributed by atoms with Crippen LogP contribution in [-0.4, -0.2) is 27.8 Å². The number of hydrogen-bond donors (Lipinski definition) is 3. The summed E-state index contributed by atoms with van der Waals surface area (Å²) in [5, 5.41) is 13.9. The number of pyridine rings is 1. The predicted molar refractivity (Wildman–Crippen MR) is 121 cm³/mol. The maximum atomic E-state index is 15.0. The standard InChI is InChI=1S/C23H23F2N5O3/c1-4-16(17-12-26-8-7-13(17)2)14(3)29-20-9-18(25)19(10-21(20)33-23(29)31)30(32)28-22-6-5-15(24)11-27-22/h4-6,9-11,14,26,32H,1-2,7-8,12H2,3H3,(H,27,28)/b17-16+. The van der Waals surface area contributed by atoms with Gasteiger partial charge in [-0.3, -0.25) is 15.2 Å². The molecule has 3 N–H and O–H groups in total. The number of fused-ring (bicyclic) bond motifs is 1. The number of piperidine rings is 1. The molecule has 1 fully saturated rings. The first kappa shape index (κ1) is 22.4. The van der Waals surface area contributed by atoms with Crippen LogP contribution in [0.5, 0.6) is 0 Å². The largest absolute Gasteiger partial charge is 0.420 e. The Labute approximate surface area is 188 Å². The molecular formula is C23H23F2N5O3. The van der Waals surface area contributed by atoms with Gasteiger partial charge in [-0.2, -0.15) is 5.17 Å². The van der Waals surface area contributed by atoms with Crippen LogP contribution in [-0.2, 0) is 0 Å². The first-order chi connectivity index (χ1) is 15.8. The molecule has 0 saturated carbocycles. The molecule has 4 rings (SSSR count). The second kappa shape index (κ2) is 9.00. The predicted octanol–water partition coefficient (Wildman–Crippen LogP) is 4.08. The van der Waals surface area contributed by atoms with Crippen LogP contribution in [0.2, 0.25) is 0 Å². The highest BCUT2D eigenvalue weighted by Gasteiger charge is 2.24. The van der Waals surface area contributed by atoms with Crippen molar-refractivity contribution in [2.24, 2.45) is 0 Å². The number of hydrogen-bond acceptors (Lipinski definition) is 7. The number of oxazole rings is 1. The van der Waals surface area contributed by atoms with E-state index in [0.717, 1.165) is 48.0 Å². The minimum atomic E-state index is -0.821. The molecule has 1 aliphatic rings. The lowest BCUT2D eigenvalue weighted by Gasteiger charge is -2.25. The molecule has 10 heteroatoms. The molecule has 0 radical (unpaired) electrons. The molecule has 8 nitrogen and oxygen atoms in total. The lowest BCUT2D eigenvalue weighted by atomic mass is 9.92. The second-order valence-corrected chi connectivity index (χ2v) is 7.64. The highest BCUT2D eigenvalue weighted by molar-refractivity contribution is 5.78. The zero-order valence-corrected chi connectivity index (χ0v) is 17.9. The van der Waals surface area contributed by atoms with Crippen molar-refractivity contribution in [3.05, 3.63) is 88.6 Å². The van der Waals surface area contributed by atoms with Crippen LogP contribution >= 0.6 is 0 Å². The monoisotopic (exact) mass is 455 g/mol. The molecule has 3 aromatic rings. The van der Waals surface area contributed by atoms with Gasteiger partial charge in [-0.15, -0.1) is 0 Å². The van der Waals surface area contributed by atoms with Crippen molar-refractivity contribution < 1.29 is 18.4 Å². The normalized spacial score (nSPS) is 16.5. The van der Waals surface area contributed by atoms with E-state index in [2.05, 4.69) is 28.9 Å². The van der Waals surface area contributed by atoms with Crippen molar-refractivity contribution in [2.75, 3.05) is 23.7 Å². The van der Waals surface area contributed by atoms with E-state index in [1.54, 1.807) is 13.0 Å². The van der Waals surface area contributed by atoms with Gasteiger partial charge < -0.3 is 9.73 Å². The molecule has 0 amide bonds. The van der Waals surface area contributed by atoms with Crippen LogP contribution in [0.1, 0.15) is 19.4 Å². The Hall–Kier alpha value is -3.76. The second-order valence-electron chi connectivity index (χ2n) is 7.64. The van der Waals surface area contributed by atoms with Crippen LogP contribution in [0.3, 0.4) is 0 Å². The minimum Gasteiger partial charge on any atom is -0.408 e. The van der Waals surface area contributed by atoms with Crippen molar-refractivity contribution in [3.63, 3.8) is 0 Å². The molecule has 1 aromatic carbocycles.